The smallest absolute Gasteiger partial charge is 0.122 e. The molecule has 1 unspecified atom stereocenters. The van der Waals surface area contributed by atoms with Gasteiger partial charge in [-0.3, -0.25) is 0 Å². The van der Waals surface area contributed by atoms with E-state index in [-0.39, 0.29) is 6.04 Å². The second-order valence-electron chi connectivity index (χ2n) is 5.02. The highest BCUT2D eigenvalue weighted by Gasteiger charge is 2.19. The van der Waals surface area contributed by atoms with Crippen LogP contribution in [0.2, 0.25) is 0 Å². The van der Waals surface area contributed by atoms with E-state index < -0.39 is 0 Å². The van der Waals surface area contributed by atoms with Crippen molar-refractivity contribution in [2.75, 3.05) is 7.11 Å². The van der Waals surface area contributed by atoms with Crippen molar-refractivity contribution in [1.82, 2.24) is 0 Å². The first-order valence-corrected chi connectivity index (χ1v) is 7.37. The van der Waals surface area contributed by atoms with Gasteiger partial charge < -0.3 is 14.9 Å². The maximum atomic E-state index is 6.38. The molecule has 0 radical (unpaired) electrons. The van der Waals surface area contributed by atoms with E-state index in [0.29, 0.717) is 6.42 Å². The molecule has 0 aliphatic carbocycles. The maximum Gasteiger partial charge on any atom is 0.122 e. The molecule has 0 fully saturated rings. The van der Waals surface area contributed by atoms with Crippen LogP contribution in [-0.4, -0.2) is 7.11 Å². The van der Waals surface area contributed by atoms with Gasteiger partial charge in [-0.05, 0) is 56.5 Å². The number of ether oxygens (including phenoxy) is 1. The fraction of sp³-hybridized carbons (Fsp3) is 0.375. The number of methoxy groups -OCH3 is 1. The number of aryl methyl sites for hydroxylation is 2. The zero-order valence-corrected chi connectivity index (χ0v) is 13.9. The maximum absolute atomic E-state index is 6.38. The van der Waals surface area contributed by atoms with Crippen molar-refractivity contribution in [2.45, 2.75) is 33.2 Å². The predicted octanol–water partition coefficient (Wildman–Crippen LogP) is 4.22. The van der Waals surface area contributed by atoms with E-state index in [2.05, 4.69) is 28.9 Å². The van der Waals surface area contributed by atoms with E-state index in [9.17, 15) is 0 Å². The average Bonchev–Trinajstić information content (AvgIpc) is 2.63. The second kappa shape index (κ2) is 6.02. The molecule has 3 nitrogen and oxygen atoms in total. The number of hydrogen-bond acceptors (Lipinski definition) is 3. The molecule has 1 heterocycles. The Hall–Kier alpha value is -1.26. The van der Waals surface area contributed by atoms with E-state index in [1.54, 1.807) is 7.11 Å². The van der Waals surface area contributed by atoms with E-state index in [1.807, 2.05) is 26.0 Å². The van der Waals surface area contributed by atoms with E-state index in [0.717, 1.165) is 38.4 Å². The van der Waals surface area contributed by atoms with Crippen LogP contribution in [0.1, 0.15) is 34.3 Å². The summed E-state index contributed by atoms with van der Waals surface area (Å²) < 4.78 is 12.1. The Morgan fingerprint density at radius 3 is 2.50 bits per heavy atom. The van der Waals surface area contributed by atoms with Crippen LogP contribution in [0, 0.1) is 20.8 Å². The summed E-state index contributed by atoms with van der Waals surface area (Å²) in [7, 11) is 1.68. The van der Waals surface area contributed by atoms with Crippen molar-refractivity contribution in [3.8, 4) is 5.75 Å². The van der Waals surface area contributed by atoms with Gasteiger partial charge in [0, 0.05) is 16.1 Å². The van der Waals surface area contributed by atoms with Crippen LogP contribution in [0.3, 0.4) is 0 Å². The molecule has 0 aliphatic rings. The second-order valence-corrected chi connectivity index (χ2v) is 5.94. The molecule has 0 spiro atoms. The van der Waals surface area contributed by atoms with E-state index in [4.69, 9.17) is 14.9 Å². The summed E-state index contributed by atoms with van der Waals surface area (Å²) in [5.74, 6) is 2.70. The molecule has 2 rings (SSSR count). The highest BCUT2D eigenvalue weighted by atomic mass is 79.9. The third-order valence-electron chi connectivity index (χ3n) is 3.67. The fourth-order valence-electron chi connectivity index (χ4n) is 2.60. The summed E-state index contributed by atoms with van der Waals surface area (Å²) in [4.78, 5) is 0. The van der Waals surface area contributed by atoms with Gasteiger partial charge in [0.1, 0.15) is 17.3 Å². The van der Waals surface area contributed by atoms with Crippen molar-refractivity contribution in [1.29, 1.82) is 0 Å². The van der Waals surface area contributed by atoms with Gasteiger partial charge >= 0.3 is 0 Å². The van der Waals surface area contributed by atoms with Crippen LogP contribution >= 0.6 is 15.9 Å². The lowest BCUT2D eigenvalue weighted by molar-refractivity contribution is 0.407. The fourth-order valence-corrected chi connectivity index (χ4v) is 3.01. The minimum absolute atomic E-state index is 0.101. The van der Waals surface area contributed by atoms with Gasteiger partial charge in [0.05, 0.1) is 7.11 Å². The molecule has 0 bridgehead atoms. The molecule has 1 aromatic heterocycles. The SMILES string of the molecule is COc1ccc(Br)cc1CC(N)c1c(C)oc(C)c1C. The molecule has 0 saturated heterocycles. The lowest BCUT2D eigenvalue weighted by Crippen LogP contribution is -2.15. The van der Waals surface area contributed by atoms with Gasteiger partial charge in [0.2, 0.25) is 0 Å². The van der Waals surface area contributed by atoms with Gasteiger partial charge in [-0.2, -0.15) is 0 Å². The summed E-state index contributed by atoms with van der Waals surface area (Å²) in [6.07, 6.45) is 0.712. The highest BCUT2D eigenvalue weighted by molar-refractivity contribution is 9.10. The zero-order valence-electron chi connectivity index (χ0n) is 12.3. The van der Waals surface area contributed by atoms with Crippen LogP contribution < -0.4 is 10.5 Å². The molecule has 0 saturated carbocycles. The Labute approximate surface area is 128 Å². The Balaban J connectivity index is 2.32. The Morgan fingerprint density at radius 2 is 1.95 bits per heavy atom. The molecule has 4 heteroatoms. The first-order valence-electron chi connectivity index (χ1n) is 6.58. The van der Waals surface area contributed by atoms with Gasteiger partial charge in [-0.25, -0.2) is 0 Å². The van der Waals surface area contributed by atoms with Gasteiger partial charge in [0.15, 0.2) is 0 Å². The lowest BCUT2D eigenvalue weighted by Gasteiger charge is -2.15. The number of halogens is 1. The molecular formula is C16H20BrNO2. The predicted molar refractivity (Wildman–Crippen MR) is 84.2 cm³/mol. The van der Waals surface area contributed by atoms with Crippen LogP contribution in [0.5, 0.6) is 5.75 Å². The first kappa shape index (κ1) is 15.1. The van der Waals surface area contributed by atoms with Crippen molar-refractivity contribution in [3.63, 3.8) is 0 Å². The van der Waals surface area contributed by atoms with Gasteiger partial charge in [-0.15, -0.1) is 0 Å². The lowest BCUT2D eigenvalue weighted by atomic mass is 9.96. The molecule has 2 aromatic rings. The van der Waals surface area contributed by atoms with E-state index in [1.165, 1.54) is 0 Å². The normalized spacial score (nSPS) is 12.5. The number of nitrogens with two attached hydrogens (primary N) is 1. The minimum Gasteiger partial charge on any atom is -0.496 e. The largest absolute Gasteiger partial charge is 0.496 e. The molecular weight excluding hydrogens is 318 g/mol. The summed E-state index contributed by atoms with van der Waals surface area (Å²) in [6, 6.07) is 5.87. The van der Waals surface area contributed by atoms with Crippen molar-refractivity contribution in [2.24, 2.45) is 5.73 Å². The van der Waals surface area contributed by atoms with Crippen molar-refractivity contribution in [3.05, 3.63) is 50.9 Å². The van der Waals surface area contributed by atoms with Crippen LogP contribution in [0.4, 0.5) is 0 Å². The number of furan rings is 1. The quantitative estimate of drug-likeness (QED) is 0.908. The van der Waals surface area contributed by atoms with Crippen LogP contribution in [-0.2, 0) is 6.42 Å². The molecule has 20 heavy (non-hydrogen) atoms. The van der Waals surface area contributed by atoms with Crippen LogP contribution in [0.15, 0.2) is 27.1 Å². The Morgan fingerprint density at radius 1 is 1.25 bits per heavy atom. The summed E-state index contributed by atoms with van der Waals surface area (Å²) in [5, 5.41) is 0. The molecule has 0 aliphatic heterocycles. The standard InChI is InChI=1S/C16H20BrNO2/c1-9-10(2)20-11(3)16(9)14(18)8-12-7-13(17)5-6-15(12)19-4/h5-7,14H,8,18H2,1-4H3. The van der Waals surface area contributed by atoms with Gasteiger partial charge in [-0.1, -0.05) is 15.9 Å². The third kappa shape index (κ3) is 2.91. The number of hydrogen-bond donors (Lipinski definition) is 1. The molecule has 1 atom stereocenters. The molecule has 108 valence electrons. The Bertz CT molecular complexity index is 619. The zero-order chi connectivity index (χ0) is 14.9. The van der Waals surface area contributed by atoms with Crippen molar-refractivity contribution >= 4 is 15.9 Å². The van der Waals surface area contributed by atoms with E-state index >= 15 is 0 Å². The monoisotopic (exact) mass is 337 g/mol. The van der Waals surface area contributed by atoms with Crippen LogP contribution in [0.25, 0.3) is 0 Å². The molecule has 1 aromatic carbocycles. The summed E-state index contributed by atoms with van der Waals surface area (Å²) in [6.45, 7) is 5.99. The summed E-state index contributed by atoms with van der Waals surface area (Å²) in [5.41, 5.74) is 9.72. The molecule has 0 amide bonds. The Kier molecular flexibility index (Phi) is 4.55. The van der Waals surface area contributed by atoms with Crippen molar-refractivity contribution < 1.29 is 9.15 Å². The average molecular weight is 338 g/mol. The first-order chi connectivity index (χ1) is 9.43. The highest BCUT2D eigenvalue weighted by Crippen LogP contribution is 2.31. The summed E-state index contributed by atoms with van der Waals surface area (Å²) >= 11 is 3.49. The minimum atomic E-state index is -0.101. The topological polar surface area (TPSA) is 48.4 Å². The number of benzene rings is 1. The molecule has 2 N–H and O–H groups in total. The third-order valence-corrected chi connectivity index (χ3v) is 4.16. The van der Waals surface area contributed by atoms with Gasteiger partial charge in [0.25, 0.3) is 0 Å². The number of rotatable bonds is 4.